The summed E-state index contributed by atoms with van der Waals surface area (Å²) in [6.45, 7) is 3.77. The molecule has 3 nitrogen and oxygen atoms in total. The molecule has 0 aliphatic heterocycles. The van der Waals surface area contributed by atoms with Gasteiger partial charge in [0.2, 0.25) is 0 Å². The number of anilines is 1. The molecule has 0 fully saturated rings. The quantitative estimate of drug-likeness (QED) is 0.934. The van der Waals surface area contributed by atoms with Gasteiger partial charge in [0.15, 0.2) is 11.0 Å². The van der Waals surface area contributed by atoms with E-state index in [2.05, 4.69) is 15.3 Å². The summed E-state index contributed by atoms with van der Waals surface area (Å²) < 4.78 is 26.2. The van der Waals surface area contributed by atoms with Gasteiger partial charge >= 0.3 is 0 Å². The van der Waals surface area contributed by atoms with Crippen LogP contribution < -0.4 is 5.32 Å². The number of nitrogens with zero attached hydrogens (tertiary/aromatic N) is 2. The highest BCUT2D eigenvalue weighted by Crippen LogP contribution is 2.19. The van der Waals surface area contributed by atoms with E-state index in [-0.39, 0.29) is 11.7 Å². The SMILES string of the molecule is Cc1nc(Cl)c(NCc2ccc(F)cc2F)nc1C. The Kier molecular flexibility index (Phi) is 3.95. The molecule has 0 radical (unpaired) electrons. The van der Waals surface area contributed by atoms with Crippen molar-refractivity contribution in [2.45, 2.75) is 20.4 Å². The summed E-state index contributed by atoms with van der Waals surface area (Å²) in [6, 6.07) is 3.42. The third kappa shape index (κ3) is 3.17. The van der Waals surface area contributed by atoms with Gasteiger partial charge in [0.1, 0.15) is 11.6 Å². The molecule has 1 aromatic carbocycles. The second kappa shape index (κ2) is 5.48. The van der Waals surface area contributed by atoms with Gasteiger partial charge in [0.05, 0.1) is 11.4 Å². The second-order valence-electron chi connectivity index (χ2n) is 4.12. The van der Waals surface area contributed by atoms with Crippen LogP contribution in [0.15, 0.2) is 18.2 Å². The van der Waals surface area contributed by atoms with Gasteiger partial charge in [-0.15, -0.1) is 0 Å². The van der Waals surface area contributed by atoms with E-state index in [9.17, 15) is 8.78 Å². The molecule has 0 amide bonds. The highest BCUT2D eigenvalue weighted by molar-refractivity contribution is 6.31. The maximum atomic E-state index is 13.4. The van der Waals surface area contributed by atoms with Crippen LogP contribution in [0, 0.1) is 25.5 Å². The van der Waals surface area contributed by atoms with E-state index in [1.54, 1.807) is 6.92 Å². The molecule has 1 heterocycles. The molecule has 1 aromatic heterocycles. The number of nitrogens with one attached hydrogen (secondary N) is 1. The standard InChI is InChI=1S/C13H12ClF2N3/c1-7-8(2)19-13(12(14)18-7)17-6-9-3-4-10(15)5-11(9)16/h3-5H,6H2,1-2H3,(H,17,19). The summed E-state index contributed by atoms with van der Waals surface area (Å²) in [7, 11) is 0. The van der Waals surface area contributed by atoms with E-state index < -0.39 is 11.6 Å². The van der Waals surface area contributed by atoms with Crippen LogP contribution in [-0.2, 0) is 6.54 Å². The average Bonchev–Trinajstić information content (AvgIpc) is 2.34. The minimum atomic E-state index is -0.611. The van der Waals surface area contributed by atoms with Crippen molar-refractivity contribution >= 4 is 17.4 Å². The molecule has 19 heavy (non-hydrogen) atoms. The molecule has 0 unspecified atom stereocenters. The van der Waals surface area contributed by atoms with Gasteiger partial charge in [0.25, 0.3) is 0 Å². The van der Waals surface area contributed by atoms with Crippen LogP contribution in [0.1, 0.15) is 17.0 Å². The van der Waals surface area contributed by atoms with E-state index in [0.717, 1.165) is 17.5 Å². The number of rotatable bonds is 3. The normalized spacial score (nSPS) is 10.6. The maximum Gasteiger partial charge on any atom is 0.171 e. The average molecular weight is 284 g/mol. The summed E-state index contributed by atoms with van der Waals surface area (Å²) in [4.78, 5) is 8.34. The zero-order chi connectivity index (χ0) is 14.0. The van der Waals surface area contributed by atoms with E-state index in [1.807, 2.05) is 6.92 Å². The summed E-state index contributed by atoms with van der Waals surface area (Å²) >= 11 is 5.94. The number of halogens is 3. The van der Waals surface area contributed by atoms with Crippen molar-refractivity contribution < 1.29 is 8.78 Å². The lowest BCUT2D eigenvalue weighted by atomic mass is 10.2. The molecule has 0 saturated carbocycles. The van der Waals surface area contributed by atoms with Crippen LogP contribution in [0.4, 0.5) is 14.6 Å². The van der Waals surface area contributed by atoms with Crippen LogP contribution in [-0.4, -0.2) is 9.97 Å². The monoisotopic (exact) mass is 283 g/mol. The minimum absolute atomic E-state index is 0.156. The molecular formula is C13H12ClF2N3. The van der Waals surface area contributed by atoms with E-state index in [1.165, 1.54) is 12.1 Å². The zero-order valence-corrected chi connectivity index (χ0v) is 11.2. The fourth-order valence-corrected chi connectivity index (χ4v) is 1.77. The van der Waals surface area contributed by atoms with E-state index >= 15 is 0 Å². The third-order valence-electron chi connectivity index (χ3n) is 2.73. The topological polar surface area (TPSA) is 37.8 Å². The lowest BCUT2D eigenvalue weighted by Gasteiger charge is -2.09. The van der Waals surface area contributed by atoms with Gasteiger partial charge in [-0.1, -0.05) is 17.7 Å². The largest absolute Gasteiger partial charge is 0.363 e. The molecule has 0 saturated heterocycles. The van der Waals surface area contributed by atoms with Crippen LogP contribution in [0.5, 0.6) is 0 Å². The van der Waals surface area contributed by atoms with Crippen molar-refractivity contribution in [3.05, 3.63) is 51.9 Å². The highest BCUT2D eigenvalue weighted by Gasteiger charge is 2.08. The van der Waals surface area contributed by atoms with Crippen LogP contribution >= 0.6 is 11.6 Å². The van der Waals surface area contributed by atoms with Crippen molar-refractivity contribution in [2.24, 2.45) is 0 Å². The van der Waals surface area contributed by atoms with Crippen molar-refractivity contribution in [2.75, 3.05) is 5.32 Å². The molecule has 1 N–H and O–H groups in total. The fraction of sp³-hybridized carbons (Fsp3) is 0.231. The highest BCUT2D eigenvalue weighted by atomic mass is 35.5. The van der Waals surface area contributed by atoms with E-state index in [4.69, 9.17) is 11.6 Å². The Morgan fingerprint density at radius 1 is 1.16 bits per heavy atom. The van der Waals surface area contributed by atoms with Crippen LogP contribution in [0.2, 0.25) is 5.15 Å². The van der Waals surface area contributed by atoms with Gasteiger partial charge < -0.3 is 5.32 Å². The lowest BCUT2D eigenvalue weighted by Crippen LogP contribution is -2.06. The predicted molar refractivity (Wildman–Crippen MR) is 70.2 cm³/mol. The van der Waals surface area contributed by atoms with Crippen molar-refractivity contribution in [1.82, 2.24) is 9.97 Å². The second-order valence-corrected chi connectivity index (χ2v) is 4.48. The number of aryl methyl sites for hydroxylation is 2. The molecule has 100 valence electrons. The Bertz CT molecular complexity index is 617. The first-order valence-electron chi connectivity index (χ1n) is 5.66. The van der Waals surface area contributed by atoms with Crippen LogP contribution in [0.25, 0.3) is 0 Å². The Labute approximate surface area is 114 Å². The Hall–Kier alpha value is -1.75. The number of hydrogen-bond acceptors (Lipinski definition) is 3. The number of benzene rings is 1. The van der Waals surface area contributed by atoms with Gasteiger partial charge in [-0.05, 0) is 19.9 Å². The lowest BCUT2D eigenvalue weighted by molar-refractivity contribution is 0.574. The third-order valence-corrected chi connectivity index (χ3v) is 2.99. The molecule has 0 aliphatic rings. The Morgan fingerprint density at radius 2 is 1.84 bits per heavy atom. The smallest absolute Gasteiger partial charge is 0.171 e. The Balaban J connectivity index is 2.16. The first kappa shape index (κ1) is 13.7. The Morgan fingerprint density at radius 3 is 2.53 bits per heavy atom. The van der Waals surface area contributed by atoms with E-state index in [0.29, 0.717) is 11.4 Å². The minimum Gasteiger partial charge on any atom is -0.363 e. The van der Waals surface area contributed by atoms with Crippen molar-refractivity contribution in [3.8, 4) is 0 Å². The van der Waals surface area contributed by atoms with Gasteiger partial charge in [-0.2, -0.15) is 0 Å². The first-order chi connectivity index (χ1) is 8.97. The van der Waals surface area contributed by atoms with Gasteiger partial charge in [-0.3, -0.25) is 0 Å². The summed E-state index contributed by atoms with van der Waals surface area (Å²) in [5.74, 6) is -0.834. The molecule has 0 atom stereocenters. The summed E-state index contributed by atoms with van der Waals surface area (Å²) in [5.41, 5.74) is 1.81. The van der Waals surface area contributed by atoms with Crippen LogP contribution in [0.3, 0.4) is 0 Å². The molecule has 0 spiro atoms. The van der Waals surface area contributed by atoms with Gasteiger partial charge in [-0.25, -0.2) is 18.7 Å². The maximum absolute atomic E-state index is 13.4. The molecule has 2 rings (SSSR count). The molecule has 0 bridgehead atoms. The molecule has 2 aromatic rings. The van der Waals surface area contributed by atoms with Crippen molar-refractivity contribution in [1.29, 1.82) is 0 Å². The summed E-state index contributed by atoms with van der Waals surface area (Å²) in [6.07, 6.45) is 0. The fourth-order valence-electron chi connectivity index (χ4n) is 1.53. The number of hydrogen-bond donors (Lipinski definition) is 1. The number of aromatic nitrogens is 2. The zero-order valence-electron chi connectivity index (χ0n) is 10.5. The molecular weight excluding hydrogens is 272 g/mol. The predicted octanol–water partition coefficient (Wildman–Crippen LogP) is 3.64. The molecule has 6 heteroatoms. The summed E-state index contributed by atoms with van der Waals surface area (Å²) in [5, 5.41) is 3.12. The first-order valence-corrected chi connectivity index (χ1v) is 6.03. The van der Waals surface area contributed by atoms with Gasteiger partial charge in [0, 0.05) is 18.2 Å². The molecule has 0 aliphatic carbocycles. The van der Waals surface area contributed by atoms with Crippen molar-refractivity contribution in [3.63, 3.8) is 0 Å².